The van der Waals surface area contributed by atoms with Gasteiger partial charge in [0.2, 0.25) is 17.7 Å². The third-order valence-electron chi connectivity index (χ3n) is 7.91. The highest BCUT2D eigenvalue weighted by Gasteiger charge is 2.54. The first-order chi connectivity index (χ1) is 17.9. The summed E-state index contributed by atoms with van der Waals surface area (Å²) in [6.45, 7) is 2.52. The zero-order valence-electron chi connectivity index (χ0n) is 21.6. The van der Waals surface area contributed by atoms with Crippen molar-refractivity contribution < 1.29 is 14.4 Å². The summed E-state index contributed by atoms with van der Waals surface area (Å²) in [6.07, 6.45) is 5.37. The topological polar surface area (TPSA) is 86.4 Å². The molecule has 1 N–H and O–H groups in total. The summed E-state index contributed by atoms with van der Waals surface area (Å²) in [5, 5.41) is 7.69. The molecule has 3 amide bonds. The highest BCUT2D eigenvalue weighted by atomic mass is 16.2. The first kappa shape index (κ1) is 24.9. The van der Waals surface area contributed by atoms with E-state index in [-0.39, 0.29) is 37.1 Å². The number of amides is 3. The van der Waals surface area contributed by atoms with Crippen LogP contribution < -0.4 is 0 Å². The largest absolute Gasteiger partial charge is 0.340 e. The van der Waals surface area contributed by atoms with E-state index >= 15 is 0 Å². The molecule has 2 aliphatic rings. The zero-order chi connectivity index (χ0) is 26.0. The molecular weight excluding hydrogens is 464 g/mol. The standard InChI is InChI=1S/C30H34N4O3/c1-21-11-9-10-15-24(21)30(18-28(36)34(29(30)37)19-22-12-5-3-6-13-22)17-27(35)33(2)20-26-23-14-7-4-8-16-25(23)31-32-26/h3,5-6,9-13,15H,4,7-8,14,16-20H2,1-2H3,(H,31,32)/t30-/m0/s1. The van der Waals surface area contributed by atoms with Crippen molar-refractivity contribution in [1.29, 1.82) is 0 Å². The molecule has 7 heteroatoms. The van der Waals surface area contributed by atoms with Gasteiger partial charge in [-0.1, -0.05) is 61.0 Å². The number of aromatic nitrogens is 2. The van der Waals surface area contributed by atoms with E-state index in [9.17, 15) is 14.4 Å². The molecule has 5 rings (SSSR count). The molecule has 2 aromatic carbocycles. The van der Waals surface area contributed by atoms with Gasteiger partial charge in [0, 0.05) is 25.6 Å². The van der Waals surface area contributed by atoms with E-state index in [0.717, 1.165) is 48.1 Å². The maximum atomic E-state index is 14.0. The van der Waals surface area contributed by atoms with Gasteiger partial charge in [0.25, 0.3) is 0 Å². The van der Waals surface area contributed by atoms with E-state index in [4.69, 9.17) is 0 Å². The van der Waals surface area contributed by atoms with Crippen LogP contribution >= 0.6 is 0 Å². The number of aromatic amines is 1. The number of benzene rings is 2. The van der Waals surface area contributed by atoms with Crippen LogP contribution in [0.5, 0.6) is 0 Å². The van der Waals surface area contributed by atoms with Crippen molar-refractivity contribution in [3.05, 3.63) is 88.2 Å². The average molecular weight is 499 g/mol. The average Bonchev–Trinajstić information content (AvgIpc) is 3.25. The number of rotatable bonds is 7. The van der Waals surface area contributed by atoms with Crippen molar-refractivity contribution >= 4 is 17.7 Å². The van der Waals surface area contributed by atoms with E-state index < -0.39 is 5.41 Å². The van der Waals surface area contributed by atoms with Crippen LogP contribution in [0, 0.1) is 6.92 Å². The fourth-order valence-electron chi connectivity index (χ4n) is 5.84. The summed E-state index contributed by atoms with van der Waals surface area (Å²) >= 11 is 0. The normalized spacial score (nSPS) is 19.6. The van der Waals surface area contributed by atoms with E-state index in [1.165, 1.54) is 22.6 Å². The third-order valence-corrected chi connectivity index (χ3v) is 7.91. The molecule has 0 saturated carbocycles. The van der Waals surface area contributed by atoms with E-state index in [0.29, 0.717) is 6.54 Å². The maximum Gasteiger partial charge on any atom is 0.241 e. The summed E-state index contributed by atoms with van der Waals surface area (Å²) in [5.41, 5.74) is 4.62. The van der Waals surface area contributed by atoms with Crippen LogP contribution in [0.25, 0.3) is 0 Å². The van der Waals surface area contributed by atoms with Gasteiger partial charge in [0.15, 0.2) is 0 Å². The minimum Gasteiger partial charge on any atom is -0.340 e. The van der Waals surface area contributed by atoms with Crippen LogP contribution in [-0.4, -0.2) is 44.8 Å². The summed E-state index contributed by atoms with van der Waals surface area (Å²) in [5.74, 6) is -0.715. The van der Waals surface area contributed by atoms with E-state index in [2.05, 4.69) is 10.2 Å². The highest BCUT2D eigenvalue weighted by molar-refractivity contribution is 6.10. The molecule has 2 heterocycles. The lowest BCUT2D eigenvalue weighted by atomic mass is 9.74. The Labute approximate surface area is 217 Å². The van der Waals surface area contributed by atoms with Crippen molar-refractivity contribution in [3.8, 4) is 0 Å². The number of hydrogen-bond acceptors (Lipinski definition) is 4. The number of imide groups is 1. The molecule has 1 aliphatic heterocycles. The molecule has 0 radical (unpaired) electrons. The molecule has 1 atom stereocenters. The zero-order valence-corrected chi connectivity index (χ0v) is 21.6. The van der Waals surface area contributed by atoms with Crippen molar-refractivity contribution in [1.82, 2.24) is 20.0 Å². The van der Waals surface area contributed by atoms with Crippen LogP contribution in [0.2, 0.25) is 0 Å². The lowest BCUT2D eigenvalue weighted by Gasteiger charge is -2.30. The summed E-state index contributed by atoms with van der Waals surface area (Å²) in [6, 6.07) is 17.1. The van der Waals surface area contributed by atoms with E-state index in [1.807, 2.05) is 61.5 Å². The molecule has 1 fully saturated rings. The Bertz CT molecular complexity index is 1320. The van der Waals surface area contributed by atoms with Gasteiger partial charge in [-0.3, -0.25) is 24.4 Å². The molecule has 1 aromatic heterocycles. The number of likely N-dealkylation sites (tertiary alicyclic amines) is 1. The molecule has 1 aliphatic carbocycles. The first-order valence-electron chi connectivity index (χ1n) is 13.1. The number of nitrogens with one attached hydrogen (secondary N) is 1. The van der Waals surface area contributed by atoms with E-state index in [1.54, 1.807) is 11.9 Å². The molecule has 1 saturated heterocycles. The Balaban J connectivity index is 1.42. The predicted molar refractivity (Wildman–Crippen MR) is 140 cm³/mol. The summed E-state index contributed by atoms with van der Waals surface area (Å²) in [7, 11) is 1.76. The van der Waals surface area contributed by atoms with Crippen molar-refractivity contribution in [2.24, 2.45) is 0 Å². The molecule has 7 nitrogen and oxygen atoms in total. The van der Waals surface area contributed by atoms with Gasteiger partial charge in [-0.25, -0.2) is 0 Å². The fourth-order valence-corrected chi connectivity index (χ4v) is 5.84. The number of aryl methyl sites for hydroxylation is 2. The minimum absolute atomic E-state index is 0.0130. The summed E-state index contributed by atoms with van der Waals surface area (Å²) < 4.78 is 0. The SMILES string of the molecule is Cc1ccccc1[C@]1(CC(=O)N(C)Cc2n[nH]c3c2CCCCC3)CC(=O)N(Cc2ccccc2)C1=O. The van der Waals surface area contributed by atoms with Gasteiger partial charge >= 0.3 is 0 Å². The first-order valence-corrected chi connectivity index (χ1v) is 13.1. The molecule has 192 valence electrons. The van der Waals surface area contributed by atoms with Crippen molar-refractivity contribution in [2.45, 2.75) is 70.4 Å². The molecular formula is C30H34N4O3. The Hall–Kier alpha value is -3.74. The molecule has 0 unspecified atom stereocenters. The van der Waals surface area contributed by atoms with Crippen LogP contribution in [-0.2, 0) is 45.7 Å². The van der Waals surface area contributed by atoms with Crippen LogP contribution in [0.15, 0.2) is 54.6 Å². The number of carbonyl (C=O) groups excluding carboxylic acids is 3. The highest BCUT2D eigenvalue weighted by Crippen LogP contribution is 2.42. The third kappa shape index (κ3) is 4.82. The minimum atomic E-state index is -1.22. The number of carbonyl (C=O) groups is 3. The Kier molecular flexibility index (Phi) is 6.96. The van der Waals surface area contributed by atoms with Gasteiger partial charge in [-0.2, -0.15) is 5.10 Å². The van der Waals surface area contributed by atoms with Gasteiger partial charge in [0.05, 0.1) is 24.2 Å². The van der Waals surface area contributed by atoms with Gasteiger partial charge in [-0.15, -0.1) is 0 Å². The maximum absolute atomic E-state index is 14.0. The second-order valence-electron chi connectivity index (χ2n) is 10.5. The lowest BCUT2D eigenvalue weighted by molar-refractivity contribution is -0.143. The molecule has 3 aromatic rings. The number of H-pyrrole nitrogens is 1. The molecule has 37 heavy (non-hydrogen) atoms. The second-order valence-corrected chi connectivity index (χ2v) is 10.5. The van der Waals surface area contributed by atoms with Gasteiger partial charge in [0.1, 0.15) is 0 Å². The Morgan fingerprint density at radius 3 is 2.54 bits per heavy atom. The predicted octanol–water partition coefficient (Wildman–Crippen LogP) is 4.23. The van der Waals surface area contributed by atoms with Crippen molar-refractivity contribution in [3.63, 3.8) is 0 Å². The van der Waals surface area contributed by atoms with Crippen LogP contribution in [0.4, 0.5) is 0 Å². The number of nitrogens with zero attached hydrogens (tertiary/aromatic N) is 3. The quantitative estimate of drug-likeness (QED) is 0.390. The van der Waals surface area contributed by atoms with Crippen molar-refractivity contribution in [2.75, 3.05) is 7.05 Å². The molecule has 0 spiro atoms. The molecule has 0 bridgehead atoms. The lowest BCUT2D eigenvalue weighted by Crippen LogP contribution is -2.43. The Morgan fingerprint density at radius 2 is 1.76 bits per heavy atom. The smallest absolute Gasteiger partial charge is 0.241 e. The van der Waals surface area contributed by atoms with Gasteiger partial charge < -0.3 is 4.90 Å². The Morgan fingerprint density at radius 1 is 1.03 bits per heavy atom. The van der Waals surface area contributed by atoms with Crippen LogP contribution in [0.1, 0.15) is 65.7 Å². The number of fused-ring (bicyclic) bond motifs is 1. The second kappa shape index (κ2) is 10.3. The van der Waals surface area contributed by atoms with Crippen LogP contribution in [0.3, 0.4) is 0 Å². The summed E-state index contributed by atoms with van der Waals surface area (Å²) in [4.78, 5) is 43.9. The number of hydrogen-bond donors (Lipinski definition) is 1. The fraction of sp³-hybridized carbons (Fsp3) is 0.400. The van der Waals surface area contributed by atoms with Gasteiger partial charge in [-0.05, 0) is 54.9 Å². The monoisotopic (exact) mass is 498 g/mol.